The molecule has 4 rings (SSSR count). The molecule has 2 aromatic carbocycles. The van der Waals surface area contributed by atoms with Gasteiger partial charge in [-0.2, -0.15) is 0 Å². The van der Waals surface area contributed by atoms with Crippen molar-refractivity contribution in [2.75, 3.05) is 6.61 Å². The third-order valence-corrected chi connectivity index (χ3v) is 6.51. The summed E-state index contributed by atoms with van der Waals surface area (Å²) in [6.07, 6.45) is 6.71. The highest BCUT2D eigenvalue weighted by molar-refractivity contribution is 7.07. The van der Waals surface area contributed by atoms with Gasteiger partial charge < -0.3 is 9.47 Å². The zero-order chi connectivity index (χ0) is 25.1. The minimum atomic E-state index is -0.684. The van der Waals surface area contributed by atoms with E-state index in [0.29, 0.717) is 31.4 Å². The Morgan fingerprint density at radius 3 is 2.54 bits per heavy atom. The van der Waals surface area contributed by atoms with Gasteiger partial charge in [-0.1, -0.05) is 53.1 Å². The molecule has 0 saturated carbocycles. The largest absolute Gasteiger partial charge is 0.481 e. The Kier molecular flexibility index (Phi) is 7.25. The predicted octanol–water partition coefficient (Wildman–Crippen LogP) is 3.85. The van der Waals surface area contributed by atoms with Crippen molar-refractivity contribution in [3.63, 3.8) is 0 Å². The van der Waals surface area contributed by atoms with E-state index in [1.807, 2.05) is 12.1 Å². The van der Waals surface area contributed by atoms with Gasteiger partial charge in [0.1, 0.15) is 12.4 Å². The molecule has 1 aliphatic heterocycles. The second-order valence-electron chi connectivity index (χ2n) is 8.15. The van der Waals surface area contributed by atoms with Gasteiger partial charge in [-0.3, -0.25) is 9.36 Å². The Morgan fingerprint density at radius 2 is 1.91 bits per heavy atom. The number of carbonyl (C=O) groups excluding carboxylic acids is 1. The number of hydrogen-bond donors (Lipinski definition) is 0. The number of nitrogens with zero attached hydrogens (tertiary/aromatic N) is 2. The second kappa shape index (κ2) is 10.3. The molecule has 35 heavy (non-hydrogen) atoms. The van der Waals surface area contributed by atoms with E-state index in [9.17, 15) is 9.59 Å². The normalized spacial score (nSPS) is 15.4. The van der Waals surface area contributed by atoms with Crippen LogP contribution in [0.15, 0.2) is 69.6 Å². The van der Waals surface area contributed by atoms with Gasteiger partial charge in [-0.25, -0.2) is 9.79 Å². The van der Waals surface area contributed by atoms with Gasteiger partial charge in [-0.15, -0.1) is 6.42 Å². The lowest BCUT2D eigenvalue weighted by Gasteiger charge is -2.25. The molecular formula is C27H23ClN2O4S. The van der Waals surface area contributed by atoms with Crippen molar-refractivity contribution in [1.29, 1.82) is 0 Å². The maximum absolute atomic E-state index is 13.6. The third-order valence-electron chi connectivity index (χ3n) is 5.27. The Hall–Kier alpha value is -3.60. The van der Waals surface area contributed by atoms with Crippen LogP contribution >= 0.6 is 22.9 Å². The lowest BCUT2D eigenvalue weighted by molar-refractivity contribution is -0.143. The summed E-state index contributed by atoms with van der Waals surface area (Å²) in [5, 5.41) is 0.558. The van der Waals surface area contributed by atoms with Crippen LogP contribution in [0.3, 0.4) is 0 Å². The van der Waals surface area contributed by atoms with Gasteiger partial charge in [0.05, 0.1) is 27.9 Å². The molecule has 1 aromatic heterocycles. The lowest BCUT2D eigenvalue weighted by atomic mass is 9.96. The molecule has 1 aliphatic rings. The predicted molar refractivity (Wildman–Crippen MR) is 137 cm³/mol. The number of thiazole rings is 1. The van der Waals surface area contributed by atoms with Crippen molar-refractivity contribution in [2.45, 2.75) is 32.9 Å². The van der Waals surface area contributed by atoms with Gasteiger partial charge in [0.2, 0.25) is 0 Å². The van der Waals surface area contributed by atoms with E-state index in [4.69, 9.17) is 27.5 Å². The Morgan fingerprint density at radius 1 is 1.23 bits per heavy atom. The lowest BCUT2D eigenvalue weighted by Crippen LogP contribution is -2.40. The van der Waals surface area contributed by atoms with Crippen LogP contribution in [-0.4, -0.2) is 23.2 Å². The first-order valence-electron chi connectivity index (χ1n) is 10.9. The number of benzene rings is 2. The van der Waals surface area contributed by atoms with E-state index in [2.05, 4.69) is 10.9 Å². The molecule has 1 atom stereocenters. The second-order valence-corrected chi connectivity index (χ2v) is 9.59. The number of allylic oxidation sites excluding steroid dienone is 1. The van der Waals surface area contributed by atoms with Gasteiger partial charge in [0, 0.05) is 5.02 Å². The first-order valence-corrected chi connectivity index (χ1v) is 12.1. The topological polar surface area (TPSA) is 69.9 Å². The molecule has 0 spiro atoms. The molecule has 2 heterocycles. The fraction of sp³-hybridized carbons (Fsp3) is 0.222. The molecule has 0 N–H and O–H groups in total. The fourth-order valence-corrected chi connectivity index (χ4v) is 4.93. The number of carbonyl (C=O) groups is 1. The van der Waals surface area contributed by atoms with Crippen LogP contribution < -0.4 is 19.6 Å². The van der Waals surface area contributed by atoms with Crippen molar-refractivity contribution in [2.24, 2.45) is 4.99 Å². The van der Waals surface area contributed by atoms with Crippen LogP contribution in [0, 0.1) is 12.3 Å². The number of rotatable bonds is 6. The molecule has 0 aliphatic carbocycles. The van der Waals surface area contributed by atoms with E-state index >= 15 is 0 Å². The van der Waals surface area contributed by atoms with Crippen LogP contribution in [0.5, 0.6) is 5.75 Å². The van der Waals surface area contributed by atoms with E-state index < -0.39 is 12.0 Å². The summed E-state index contributed by atoms with van der Waals surface area (Å²) in [6.45, 7) is 5.50. The summed E-state index contributed by atoms with van der Waals surface area (Å²) in [4.78, 5) is 31.8. The van der Waals surface area contributed by atoms with Gasteiger partial charge in [-0.05, 0) is 62.2 Å². The summed E-state index contributed by atoms with van der Waals surface area (Å²) in [7, 11) is 0. The molecule has 0 amide bonds. The first-order chi connectivity index (χ1) is 16.8. The summed E-state index contributed by atoms with van der Waals surface area (Å²) in [6, 6.07) is 13.7. The molecule has 0 saturated heterocycles. The Labute approximate surface area is 211 Å². The van der Waals surface area contributed by atoms with Crippen molar-refractivity contribution in [3.8, 4) is 18.1 Å². The molecule has 0 radical (unpaired) electrons. The number of terminal acetylenes is 1. The Balaban J connectivity index is 1.84. The van der Waals surface area contributed by atoms with Crippen LogP contribution in [0.1, 0.15) is 37.9 Å². The number of fused-ring (bicyclic) bond motifs is 1. The zero-order valence-corrected chi connectivity index (χ0v) is 21.0. The molecule has 6 nitrogen and oxygen atoms in total. The van der Waals surface area contributed by atoms with Crippen molar-refractivity contribution in [3.05, 3.63) is 95.6 Å². The van der Waals surface area contributed by atoms with Crippen LogP contribution in [0.25, 0.3) is 6.08 Å². The molecule has 178 valence electrons. The van der Waals surface area contributed by atoms with Crippen molar-refractivity contribution < 1.29 is 14.3 Å². The Bertz CT molecular complexity index is 1510. The number of ether oxygens (including phenoxy) is 2. The van der Waals surface area contributed by atoms with Gasteiger partial charge in [0.15, 0.2) is 4.80 Å². The summed E-state index contributed by atoms with van der Waals surface area (Å²) < 4.78 is 13.0. The van der Waals surface area contributed by atoms with Crippen LogP contribution in [0.2, 0.25) is 5.02 Å². The average Bonchev–Trinajstić information content (AvgIpc) is 3.12. The molecule has 0 fully saturated rings. The molecule has 1 unspecified atom stereocenters. The maximum Gasteiger partial charge on any atom is 0.338 e. The minimum Gasteiger partial charge on any atom is -0.481 e. The van der Waals surface area contributed by atoms with E-state index in [-0.39, 0.29) is 18.3 Å². The number of aromatic nitrogens is 1. The van der Waals surface area contributed by atoms with Crippen molar-refractivity contribution in [1.82, 2.24) is 4.57 Å². The van der Waals surface area contributed by atoms with Gasteiger partial charge >= 0.3 is 5.97 Å². The van der Waals surface area contributed by atoms with Gasteiger partial charge in [0.25, 0.3) is 5.56 Å². The van der Waals surface area contributed by atoms with Crippen LogP contribution in [-0.2, 0) is 9.53 Å². The first kappa shape index (κ1) is 24.5. The maximum atomic E-state index is 13.6. The molecule has 8 heteroatoms. The molecular weight excluding hydrogens is 484 g/mol. The summed E-state index contributed by atoms with van der Waals surface area (Å²) >= 11 is 7.37. The van der Waals surface area contributed by atoms with Crippen molar-refractivity contribution >= 4 is 35.0 Å². The van der Waals surface area contributed by atoms with E-state index in [1.54, 1.807) is 67.8 Å². The highest BCUT2D eigenvalue weighted by Crippen LogP contribution is 2.31. The summed E-state index contributed by atoms with van der Waals surface area (Å²) in [5.41, 5.74) is 2.15. The molecule has 3 aromatic rings. The highest BCUT2D eigenvalue weighted by atomic mass is 35.5. The minimum absolute atomic E-state index is 0.184. The third kappa shape index (κ3) is 5.24. The molecule has 0 bridgehead atoms. The summed E-state index contributed by atoms with van der Waals surface area (Å²) in [5.74, 6) is 2.57. The standard InChI is InChI=1S/C27H23ClN2O4S/c1-5-14-33-21-12-6-18(7-13-21)15-22-25(31)30-24(19-8-10-20(28)11-9-19)23(26(32)34-16(2)3)17(4)29-27(30)35-22/h1,6-13,15-16,24H,14H2,2-4H3/b22-15-. The fourth-order valence-electron chi connectivity index (χ4n) is 3.76. The van der Waals surface area contributed by atoms with E-state index in [0.717, 1.165) is 11.1 Å². The zero-order valence-electron chi connectivity index (χ0n) is 19.4. The smallest absolute Gasteiger partial charge is 0.338 e. The average molecular weight is 507 g/mol. The number of halogens is 1. The quantitative estimate of drug-likeness (QED) is 0.376. The SMILES string of the molecule is C#CCOc1ccc(/C=c2\sc3n(c2=O)C(c2ccc(Cl)cc2)C(C(=O)OC(C)C)=C(C)N=3)cc1. The monoisotopic (exact) mass is 506 g/mol. The number of hydrogen-bond acceptors (Lipinski definition) is 6. The van der Waals surface area contributed by atoms with E-state index in [1.165, 1.54) is 11.3 Å². The number of esters is 1. The highest BCUT2D eigenvalue weighted by Gasteiger charge is 2.33. The van der Waals surface area contributed by atoms with Crippen LogP contribution in [0.4, 0.5) is 0 Å².